The molecule has 2 heterocycles. The van der Waals surface area contributed by atoms with Crippen molar-refractivity contribution >= 4 is 11.0 Å². The Labute approximate surface area is 140 Å². The van der Waals surface area contributed by atoms with Gasteiger partial charge in [-0.25, -0.2) is 4.79 Å². The molecule has 1 fully saturated rings. The van der Waals surface area contributed by atoms with E-state index in [2.05, 4.69) is 4.90 Å². The van der Waals surface area contributed by atoms with E-state index in [9.17, 15) is 9.90 Å². The molecule has 0 saturated carbocycles. The van der Waals surface area contributed by atoms with Gasteiger partial charge in [-0.3, -0.25) is 4.90 Å². The lowest BCUT2D eigenvalue weighted by atomic mass is 9.96. The summed E-state index contributed by atoms with van der Waals surface area (Å²) in [4.78, 5) is 14.9. The van der Waals surface area contributed by atoms with E-state index in [1.807, 2.05) is 36.4 Å². The van der Waals surface area contributed by atoms with E-state index in [1.54, 1.807) is 18.2 Å². The lowest BCUT2D eigenvalue weighted by molar-refractivity contribution is 0.269. The summed E-state index contributed by atoms with van der Waals surface area (Å²) in [5.74, 6) is 0.0302. The second-order valence-electron chi connectivity index (χ2n) is 6.20. The van der Waals surface area contributed by atoms with Gasteiger partial charge in [-0.1, -0.05) is 42.5 Å². The van der Waals surface area contributed by atoms with Gasteiger partial charge in [0.25, 0.3) is 0 Å². The van der Waals surface area contributed by atoms with Crippen LogP contribution < -0.4 is 5.63 Å². The van der Waals surface area contributed by atoms with Crippen LogP contribution in [0.5, 0.6) is 5.75 Å². The topological polar surface area (TPSA) is 53.7 Å². The van der Waals surface area contributed by atoms with E-state index in [4.69, 9.17) is 4.42 Å². The summed E-state index contributed by atoms with van der Waals surface area (Å²) in [6, 6.07) is 16.7. The van der Waals surface area contributed by atoms with Crippen molar-refractivity contribution in [1.29, 1.82) is 0 Å². The van der Waals surface area contributed by atoms with Crippen LogP contribution in [0.2, 0.25) is 0 Å². The van der Waals surface area contributed by atoms with Crippen molar-refractivity contribution in [2.75, 3.05) is 13.1 Å². The number of hydrogen-bond acceptors (Lipinski definition) is 4. The third-order valence-corrected chi connectivity index (χ3v) is 4.71. The van der Waals surface area contributed by atoms with Crippen LogP contribution in [0.15, 0.2) is 63.8 Å². The highest BCUT2D eigenvalue weighted by molar-refractivity contribution is 5.84. The number of hydrogen-bond donors (Lipinski definition) is 1. The lowest BCUT2D eigenvalue weighted by Gasteiger charge is -2.28. The quantitative estimate of drug-likeness (QED) is 0.748. The SMILES string of the molecule is O=c1oc2ccccc2c(O)c1C(c1ccccc1)N1CCCC1. The molecule has 0 spiro atoms. The first kappa shape index (κ1) is 15.0. The Morgan fingerprint density at radius 2 is 1.62 bits per heavy atom. The molecule has 2 aromatic carbocycles. The molecule has 1 aromatic heterocycles. The van der Waals surface area contributed by atoms with E-state index in [0.29, 0.717) is 16.5 Å². The van der Waals surface area contributed by atoms with Gasteiger partial charge in [0.15, 0.2) is 0 Å². The molecular formula is C20H19NO3. The molecule has 122 valence electrons. The normalized spacial score (nSPS) is 16.5. The molecule has 0 radical (unpaired) electrons. The third-order valence-electron chi connectivity index (χ3n) is 4.71. The Balaban J connectivity index is 1.95. The van der Waals surface area contributed by atoms with Crippen LogP contribution in [-0.2, 0) is 0 Å². The summed E-state index contributed by atoms with van der Waals surface area (Å²) in [6.45, 7) is 1.82. The average molecular weight is 321 g/mol. The van der Waals surface area contributed by atoms with Crippen LogP contribution in [0.4, 0.5) is 0 Å². The van der Waals surface area contributed by atoms with Crippen LogP contribution in [0, 0.1) is 0 Å². The van der Waals surface area contributed by atoms with Crippen LogP contribution in [-0.4, -0.2) is 23.1 Å². The smallest absolute Gasteiger partial charge is 0.345 e. The third kappa shape index (κ3) is 2.49. The molecule has 1 N–H and O–H groups in total. The Hall–Kier alpha value is -2.59. The van der Waals surface area contributed by atoms with Crippen LogP contribution in [0.1, 0.15) is 30.0 Å². The first-order chi connectivity index (χ1) is 11.8. The molecule has 3 aromatic rings. The number of para-hydroxylation sites is 1. The molecule has 0 bridgehead atoms. The van der Waals surface area contributed by atoms with Gasteiger partial charge in [0.2, 0.25) is 0 Å². The van der Waals surface area contributed by atoms with Crippen molar-refractivity contribution in [3.8, 4) is 5.75 Å². The molecule has 1 atom stereocenters. The number of likely N-dealkylation sites (tertiary alicyclic amines) is 1. The maximum atomic E-state index is 12.7. The second kappa shape index (κ2) is 6.13. The van der Waals surface area contributed by atoms with Crippen LogP contribution in [0.3, 0.4) is 0 Å². The van der Waals surface area contributed by atoms with E-state index >= 15 is 0 Å². The standard InChI is InChI=1S/C20H19NO3/c22-19-15-10-4-5-11-16(15)24-20(23)17(19)18(21-12-6-7-13-21)14-8-2-1-3-9-14/h1-5,8-11,18,22H,6-7,12-13H2. The predicted octanol–water partition coefficient (Wildman–Crippen LogP) is 3.68. The number of nitrogens with zero attached hydrogens (tertiary/aromatic N) is 1. The Bertz CT molecular complexity index is 911. The van der Waals surface area contributed by atoms with Crippen molar-refractivity contribution in [2.45, 2.75) is 18.9 Å². The summed E-state index contributed by atoms with van der Waals surface area (Å²) in [5, 5.41) is 11.4. The zero-order chi connectivity index (χ0) is 16.5. The van der Waals surface area contributed by atoms with Crippen molar-refractivity contribution in [3.63, 3.8) is 0 Å². The number of rotatable bonds is 3. The molecule has 1 aliphatic heterocycles. The largest absolute Gasteiger partial charge is 0.507 e. The van der Waals surface area contributed by atoms with E-state index < -0.39 is 5.63 Å². The van der Waals surface area contributed by atoms with Crippen molar-refractivity contribution in [2.24, 2.45) is 0 Å². The summed E-state index contributed by atoms with van der Waals surface area (Å²) >= 11 is 0. The van der Waals surface area contributed by atoms with Gasteiger partial charge in [0.1, 0.15) is 16.9 Å². The minimum absolute atomic E-state index is 0.0302. The molecule has 4 rings (SSSR count). The zero-order valence-electron chi connectivity index (χ0n) is 13.3. The molecule has 1 unspecified atom stereocenters. The van der Waals surface area contributed by atoms with Gasteiger partial charge in [-0.15, -0.1) is 0 Å². The maximum absolute atomic E-state index is 12.7. The maximum Gasteiger partial charge on any atom is 0.345 e. The van der Waals surface area contributed by atoms with Crippen LogP contribution >= 0.6 is 0 Å². The highest BCUT2D eigenvalue weighted by atomic mass is 16.4. The molecule has 24 heavy (non-hydrogen) atoms. The van der Waals surface area contributed by atoms with Gasteiger partial charge in [-0.2, -0.15) is 0 Å². The number of aromatic hydroxyl groups is 1. The Morgan fingerprint density at radius 1 is 0.958 bits per heavy atom. The highest BCUT2D eigenvalue weighted by Gasteiger charge is 2.31. The van der Waals surface area contributed by atoms with E-state index in [0.717, 1.165) is 31.5 Å². The first-order valence-corrected chi connectivity index (χ1v) is 8.29. The van der Waals surface area contributed by atoms with E-state index in [-0.39, 0.29) is 11.8 Å². The highest BCUT2D eigenvalue weighted by Crippen LogP contribution is 2.37. The molecule has 1 saturated heterocycles. The minimum atomic E-state index is -0.466. The monoisotopic (exact) mass is 321 g/mol. The van der Waals surface area contributed by atoms with Crippen molar-refractivity contribution < 1.29 is 9.52 Å². The summed E-state index contributed by atoms with van der Waals surface area (Å²) in [5.41, 5.74) is 1.28. The molecular weight excluding hydrogens is 302 g/mol. The zero-order valence-corrected chi connectivity index (χ0v) is 13.3. The Kier molecular flexibility index (Phi) is 3.82. The fraction of sp³-hybridized carbons (Fsp3) is 0.250. The molecule has 0 amide bonds. The fourth-order valence-electron chi connectivity index (χ4n) is 3.58. The average Bonchev–Trinajstić information content (AvgIpc) is 3.13. The molecule has 0 aliphatic carbocycles. The second-order valence-corrected chi connectivity index (χ2v) is 6.20. The Morgan fingerprint density at radius 3 is 2.38 bits per heavy atom. The van der Waals surface area contributed by atoms with Crippen molar-refractivity contribution in [1.82, 2.24) is 4.90 Å². The number of fused-ring (bicyclic) bond motifs is 1. The van der Waals surface area contributed by atoms with Gasteiger partial charge in [0, 0.05) is 0 Å². The minimum Gasteiger partial charge on any atom is -0.507 e. The van der Waals surface area contributed by atoms with Crippen LogP contribution in [0.25, 0.3) is 11.0 Å². The molecule has 4 heteroatoms. The summed E-state index contributed by atoms with van der Waals surface area (Å²) in [6.07, 6.45) is 2.20. The van der Waals surface area contributed by atoms with Gasteiger partial charge in [-0.05, 0) is 43.6 Å². The number of benzene rings is 2. The van der Waals surface area contributed by atoms with Gasteiger partial charge in [0.05, 0.1) is 11.4 Å². The van der Waals surface area contributed by atoms with Gasteiger partial charge >= 0.3 is 5.63 Å². The lowest BCUT2D eigenvalue weighted by Crippen LogP contribution is -2.30. The van der Waals surface area contributed by atoms with Gasteiger partial charge < -0.3 is 9.52 Å². The predicted molar refractivity (Wildman–Crippen MR) is 93.2 cm³/mol. The fourth-order valence-corrected chi connectivity index (χ4v) is 3.58. The summed E-state index contributed by atoms with van der Waals surface area (Å²) in [7, 11) is 0. The molecule has 1 aliphatic rings. The summed E-state index contributed by atoms with van der Waals surface area (Å²) < 4.78 is 5.49. The molecule has 4 nitrogen and oxygen atoms in total. The van der Waals surface area contributed by atoms with E-state index in [1.165, 1.54) is 0 Å². The first-order valence-electron chi connectivity index (χ1n) is 8.29. The van der Waals surface area contributed by atoms with Crippen molar-refractivity contribution in [3.05, 3.63) is 76.1 Å².